The van der Waals surface area contributed by atoms with Gasteiger partial charge in [-0.25, -0.2) is 0 Å². The Morgan fingerprint density at radius 2 is 0.750 bits per heavy atom. The van der Waals surface area contributed by atoms with Gasteiger partial charge in [-0.2, -0.15) is 0 Å². The number of nitrogens with zero attached hydrogens (tertiary/aromatic N) is 1. The average molecular weight is 531 g/mol. The molecule has 0 heterocycles. The van der Waals surface area contributed by atoms with Crippen molar-refractivity contribution >= 4 is 8.80 Å². The normalized spacial score (nSPS) is 12.5. The van der Waals surface area contributed by atoms with Crippen LogP contribution >= 0.6 is 0 Å². The van der Waals surface area contributed by atoms with Gasteiger partial charge in [0.1, 0.15) is 0 Å². The minimum Gasteiger partial charge on any atom is -0.374 e. The van der Waals surface area contributed by atoms with Gasteiger partial charge < -0.3 is 17.8 Å². The third kappa shape index (κ3) is 18.3. The van der Waals surface area contributed by atoms with Crippen LogP contribution in [-0.2, 0) is 13.3 Å². The highest BCUT2D eigenvalue weighted by molar-refractivity contribution is 6.60. The molecule has 0 N–H and O–H groups in total. The zero-order chi connectivity index (χ0) is 26.8. The fourth-order valence-corrected chi connectivity index (χ4v) is 8.49. The molecule has 0 saturated heterocycles. The van der Waals surface area contributed by atoms with Gasteiger partial charge in [0.2, 0.25) is 0 Å². The Balaban J connectivity index is 4.32. The van der Waals surface area contributed by atoms with Gasteiger partial charge in [-0.05, 0) is 46.5 Å². The Labute approximate surface area is 229 Å². The zero-order valence-electron chi connectivity index (χ0n) is 25.8. The Bertz CT molecular complexity index is 427. The first kappa shape index (κ1) is 36.1. The van der Waals surface area contributed by atoms with Crippen LogP contribution < -0.4 is 0 Å². The third-order valence-corrected chi connectivity index (χ3v) is 10.7. The fraction of sp³-hybridized carbons (Fsp3) is 1.00. The number of unbranched alkanes of at least 4 members (excludes halogenated alkanes) is 13. The van der Waals surface area contributed by atoms with Crippen molar-refractivity contribution in [3.8, 4) is 0 Å². The summed E-state index contributed by atoms with van der Waals surface area (Å²) in [5.74, 6) is 0. The lowest BCUT2D eigenvalue weighted by Gasteiger charge is -2.39. The molecule has 0 aliphatic heterocycles. The van der Waals surface area contributed by atoms with Crippen LogP contribution in [-0.4, -0.2) is 59.3 Å². The van der Waals surface area contributed by atoms with Gasteiger partial charge in [0.15, 0.2) is 0 Å². The quantitative estimate of drug-likeness (QED) is 0.0547. The van der Waals surface area contributed by atoms with Crippen molar-refractivity contribution in [3.05, 3.63) is 0 Å². The molecule has 0 spiro atoms. The van der Waals surface area contributed by atoms with Crippen molar-refractivity contribution in [3.63, 3.8) is 0 Å². The largest absolute Gasteiger partial charge is 0.501 e. The Morgan fingerprint density at radius 1 is 0.389 bits per heavy atom. The van der Waals surface area contributed by atoms with Crippen molar-refractivity contribution < 1.29 is 17.8 Å². The summed E-state index contributed by atoms with van der Waals surface area (Å²) in [5, 5.41) is 0. The molecule has 0 aromatic rings. The molecule has 0 aromatic carbocycles. The number of rotatable bonds is 29. The molecule has 0 aliphatic carbocycles. The monoisotopic (exact) mass is 530 g/mol. The van der Waals surface area contributed by atoms with E-state index in [1.54, 1.807) is 0 Å². The lowest BCUT2D eigenvalue weighted by Crippen LogP contribution is -2.52. The second-order valence-electron chi connectivity index (χ2n) is 10.9. The molecule has 0 fully saturated rings. The van der Waals surface area contributed by atoms with Crippen LogP contribution in [0.3, 0.4) is 0 Å². The van der Waals surface area contributed by atoms with E-state index in [0.717, 1.165) is 12.5 Å². The van der Waals surface area contributed by atoms with Crippen LogP contribution in [0.5, 0.6) is 0 Å². The first-order valence-corrected chi connectivity index (χ1v) is 18.3. The van der Waals surface area contributed by atoms with Crippen molar-refractivity contribution in [2.75, 3.05) is 46.0 Å². The number of hydrogen-bond acceptors (Lipinski definition) is 3. The van der Waals surface area contributed by atoms with Gasteiger partial charge in [-0.1, -0.05) is 97.8 Å². The molecule has 5 heteroatoms. The molecule has 0 amide bonds. The van der Waals surface area contributed by atoms with Crippen molar-refractivity contribution in [2.24, 2.45) is 0 Å². The molecular weight excluding hydrogens is 462 g/mol. The van der Waals surface area contributed by atoms with Crippen LogP contribution in [0, 0.1) is 0 Å². The molecule has 0 aliphatic rings. The van der Waals surface area contributed by atoms with E-state index < -0.39 is 8.80 Å². The molecular formula is C31H68NO3Si+. The van der Waals surface area contributed by atoms with Gasteiger partial charge >= 0.3 is 8.80 Å². The molecule has 0 atom stereocenters. The predicted molar refractivity (Wildman–Crippen MR) is 161 cm³/mol. The Morgan fingerprint density at radius 3 is 1.11 bits per heavy atom. The minimum atomic E-state index is -2.52. The summed E-state index contributed by atoms with van der Waals surface area (Å²) in [6.45, 7) is 20.4. The lowest BCUT2D eigenvalue weighted by molar-refractivity contribution is -0.928. The molecule has 0 unspecified atom stereocenters. The summed E-state index contributed by atoms with van der Waals surface area (Å²) < 4.78 is 19.6. The number of hydrogen-bond donors (Lipinski definition) is 0. The maximum absolute atomic E-state index is 6.12. The van der Waals surface area contributed by atoms with E-state index >= 15 is 0 Å². The maximum Gasteiger partial charge on any atom is 0.501 e. The lowest BCUT2D eigenvalue weighted by atomic mass is 10.0. The van der Waals surface area contributed by atoms with E-state index in [0.29, 0.717) is 19.8 Å². The standard InChI is InChI=1S/C31H68NO3Si/c1-7-13-14-15-16-17-18-19-20-21-22-23-24-25-29-32(27-8-2,28-9-3)30-26-31-36(33-10-4,34-11-5)35-12-6/h7-31H2,1-6H3/q+1. The summed E-state index contributed by atoms with van der Waals surface area (Å²) in [7, 11) is -2.52. The van der Waals surface area contributed by atoms with E-state index in [2.05, 4.69) is 41.5 Å². The maximum atomic E-state index is 6.12. The SMILES string of the molecule is CCCCCCCCCCCCCCCC[N+](CCC)(CCC)CCC[Si](OCC)(OCC)OCC. The molecule has 4 nitrogen and oxygen atoms in total. The molecule has 36 heavy (non-hydrogen) atoms. The fourth-order valence-electron chi connectivity index (χ4n) is 5.89. The topological polar surface area (TPSA) is 27.7 Å². The molecule has 0 saturated carbocycles. The summed E-state index contributed by atoms with van der Waals surface area (Å²) in [5.41, 5.74) is 0. The first-order chi connectivity index (χ1) is 17.6. The van der Waals surface area contributed by atoms with E-state index in [1.165, 1.54) is 133 Å². The summed E-state index contributed by atoms with van der Waals surface area (Å²) in [4.78, 5) is 0. The van der Waals surface area contributed by atoms with Crippen LogP contribution in [0.15, 0.2) is 0 Å². The molecule has 0 radical (unpaired) electrons. The van der Waals surface area contributed by atoms with E-state index in [9.17, 15) is 0 Å². The highest BCUT2D eigenvalue weighted by atomic mass is 28.4. The minimum absolute atomic E-state index is 0.676. The predicted octanol–water partition coefficient (Wildman–Crippen LogP) is 9.54. The summed E-state index contributed by atoms with van der Waals surface area (Å²) in [6.07, 6.45) is 23.7. The van der Waals surface area contributed by atoms with E-state index in [1.807, 2.05) is 0 Å². The highest BCUT2D eigenvalue weighted by Crippen LogP contribution is 2.22. The van der Waals surface area contributed by atoms with Gasteiger partial charge in [-0.15, -0.1) is 0 Å². The Kier molecular flexibility index (Phi) is 25.4. The first-order valence-electron chi connectivity index (χ1n) is 16.3. The number of quaternary nitrogens is 1. The summed E-state index contributed by atoms with van der Waals surface area (Å²) >= 11 is 0. The molecule has 0 aromatic heterocycles. The van der Waals surface area contributed by atoms with E-state index in [4.69, 9.17) is 13.3 Å². The van der Waals surface area contributed by atoms with Crippen molar-refractivity contribution in [2.45, 2.75) is 157 Å². The van der Waals surface area contributed by atoms with Gasteiger partial charge in [-0.3, -0.25) is 0 Å². The van der Waals surface area contributed by atoms with Crippen LogP contribution in [0.2, 0.25) is 6.04 Å². The molecule has 0 rings (SSSR count). The Hall–Kier alpha value is 0.0569. The second-order valence-corrected chi connectivity index (χ2v) is 13.6. The summed E-state index contributed by atoms with van der Waals surface area (Å²) in [6, 6.07) is 0.953. The highest BCUT2D eigenvalue weighted by Gasteiger charge is 2.40. The molecule has 218 valence electrons. The van der Waals surface area contributed by atoms with Crippen LogP contribution in [0.25, 0.3) is 0 Å². The molecule has 0 bridgehead atoms. The van der Waals surface area contributed by atoms with Crippen molar-refractivity contribution in [1.29, 1.82) is 0 Å². The van der Waals surface area contributed by atoms with Gasteiger partial charge in [0.05, 0.1) is 26.2 Å². The second kappa shape index (κ2) is 25.3. The van der Waals surface area contributed by atoms with Gasteiger partial charge in [0.25, 0.3) is 0 Å². The van der Waals surface area contributed by atoms with E-state index in [-0.39, 0.29) is 0 Å². The van der Waals surface area contributed by atoms with Crippen LogP contribution in [0.1, 0.15) is 151 Å². The smallest absolute Gasteiger partial charge is 0.374 e. The van der Waals surface area contributed by atoms with Crippen LogP contribution in [0.4, 0.5) is 0 Å². The van der Waals surface area contributed by atoms with Gasteiger partial charge in [0, 0.05) is 32.3 Å². The zero-order valence-corrected chi connectivity index (χ0v) is 26.8. The average Bonchev–Trinajstić information content (AvgIpc) is 2.85. The third-order valence-electron chi connectivity index (χ3n) is 7.59. The van der Waals surface area contributed by atoms with Crippen molar-refractivity contribution in [1.82, 2.24) is 0 Å².